The van der Waals surface area contributed by atoms with Crippen LogP contribution in [0.5, 0.6) is 0 Å². The van der Waals surface area contributed by atoms with Gasteiger partial charge in [-0.15, -0.1) is 0 Å². The Balaban J connectivity index is 2.39. The van der Waals surface area contributed by atoms with Gasteiger partial charge in [0.2, 0.25) is 5.91 Å². The van der Waals surface area contributed by atoms with E-state index in [1.54, 1.807) is 0 Å². The first-order valence-electron chi connectivity index (χ1n) is 6.67. The molecule has 6 heteroatoms. The molecule has 0 fully saturated rings. The van der Waals surface area contributed by atoms with Gasteiger partial charge in [0, 0.05) is 32.1 Å². The largest absolute Gasteiger partial charge is 0.354 e. The molecule has 0 aromatic carbocycles. The van der Waals surface area contributed by atoms with E-state index in [4.69, 9.17) is 11.6 Å². The summed E-state index contributed by atoms with van der Waals surface area (Å²) < 4.78 is 1.89. The molecular formula is C13H23ClN4O. The Labute approximate surface area is 119 Å². The minimum Gasteiger partial charge on any atom is -0.354 e. The van der Waals surface area contributed by atoms with Crippen molar-refractivity contribution in [2.24, 2.45) is 0 Å². The van der Waals surface area contributed by atoms with Gasteiger partial charge in [-0.05, 0) is 27.7 Å². The van der Waals surface area contributed by atoms with Crippen LogP contribution in [0.1, 0.15) is 38.6 Å². The first-order chi connectivity index (χ1) is 8.95. The molecule has 5 nitrogen and oxygen atoms in total. The Morgan fingerprint density at radius 2 is 2.16 bits per heavy atom. The van der Waals surface area contributed by atoms with Crippen molar-refractivity contribution in [1.29, 1.82) is 0 Å². The second-order valence-electron chi connectivity index (χ2n) is 4.81. The van der Waals surface area contributed by atoms with Crippen LogP contribution in [0.15, 0.2) is 0 Å². The number of aromatic nitrogens is 2. The van der Waals surface area contributed by atoms with Crippen LogP contribution in [-0.4, -0.2) is 28.3 Å². The van der Waals surface area contributed by atoms with Crippen molar-refractivity contribution in [2.75, 3.05) is 6.54 Å². The van der Waals surface area contributed by atoms with E-state index in [9.17, 15) is 4.79 Å². The Morgan fingerprint density at radius 3 is 2.74 bits per heavy atom. The van der Waals surface area contributed by atoms with Crippen molar-refractivity contribution in [3.63, 3.8) is 0 Å². The maximum atomic E-state index is 11.5. The maximum absolute atomic E-state index is 11.5. The molecule has 1 aromatic rings. The van der Waals surface area contributed by atoms with Crippen LogP contribution in [0.3, 0.4) is 0 Å². The molecule has 0 aliphatic rings. The second kappa shape index (κ2) is 7.50. The van der Waals surface area contributed by atoms with E-state index in [-0.39, 0.29) is 11.9 Å². The monoisotopic (exact) mass is 286 g/mol. The van der Waals surface area contributed by atoms with Crippen molar-refractivity contribution in [2.45, 2.75) is 53.2 Å². The molecule has 0 radical (unpaired) electrons. The standard InChI is InChI=1S/C13H23ClN4O/c1-5-18-11(13(14)10(4)17-18)8-15-7-6-12(19)16-9(2)3/h9,15H,5-8H2,1-4H3,(H,16,19). The molecule has 0 aliphatic heterocycles. The summed E-state index contributed by atoms with van der Waals surface area (Å²) in [5.74, 6) is 0.0637. The summed E-state index contributed by atoms with van der Waals surface area (Å²) in [5.41, 5.74) is 1.82. The highest BCUT2D eigenvalue weighted by Gasteiger charge is 2.12. The van der Waals surface area contributed by atoms with E-state index in [0.717, 1.165) is 17.9 Å². The SMILES string of the molecule is CCn1nc(C)c(Cl)c1CNCCC(=O)NC(C)C. The predicted molar refractivity (Wildman–Crippen MR) is 77.3 cm³/mol. The number of nitrogens with zero attached hydrogens (tertiary/aromatic N) is 2. The van der Waals surface area contributed by atoms with E-state index in [1.807, 2.05) is 32.4 Å². The van der Waals surface area contributed by atoms with Crippen LogP contribution >= 0.6 is 11.6 Å². The number of hydrogen-bond acceptors (Lipinski definition) is 3. The molecule has 0 aliphatic carbocycles. The lowest BCUT2D eigenvalue weighted by atomic mass is 10.3. The highest BCUT2D eigenvalue weighted by atomic mass is 35.5. The molecule has 0 saturated carbocycles. The van der Waals surface area contributed by atoms with Crippen LogP contribution in [0.2, 0.25) is 5.02 Å². The molecule has 0 atom stereocenters. The highest BCUT2D eigenvalue weighted by Crippen LogP contribution is 2.19. The molecular weight excluding hydrogens is 264 g/mol. The molecule has 0 bridgehead atoms. The van der Waals surface area contributed by atoms with Gasteiger partial charge in [-0.25, -0.2) is 0 Å². The van der Waals surface area contributed by atoms with Gasteiger partial charge in [-0.2, -0.15) is 5.10 Å². The number of rotatable bonds is 7. The van der Waals surface area contributed by atoms with E-state index in [1.165, 1.54) is 0 Å². The summed E-state index contributed by atoms with van der Waals surface area (Å²) in [6.45, 7) is 9.88. The summed E-state index contributed by atoms with van der Waals surface area (Å²) in [6.07, 6.45) is 0.467. The average Bonchev–Trinajstić information content (AvgIpc) is 2.60. The van der Waals surface area contributed by atoms with E-state index in [0.29, 0.717) is 24.5 Å². The normalized spacial score (nSPS) is 11.1. The second-order valence-corrected chi connectivity index (χ2v) is 5.19. The third-order valence-corrected chi connectivity index (χ3v) is 3.22. The van der Waals surface area contributed by atoms with Gasteiger partial charge >= 0.3 is 0 Å². The van der Waals surface area contributed by atoms with Gasteiger partial charge in [0.15, 0.2) is 0 Å². The van der Waals surface area contributed by atoms with Crippen LogP contribution in [0.4, 0.5) is 0 Å². The summed E-state index contributed by atoms with van der Waals surface area (Å²) in [4.78, 5) is 11.5. The van der Waals surface area contributed by atoms with E-state index < -0.39 is 0 Å². The molecule has 0 saturated heterocycles. The summed E-state index contributed by atoms with van der Waals surface area (Å²) >= 11 is 6.20. The van der Waals surface area contributed by atoms with E-state index in [2.05, 4.69) is 15.7 Å². The Kier molecular flexibility index (Phi) is 6.31. The van der Waals surface area contributed by atoms with Crippen LogP contribution in [-0.2, 0) is 17.9 Å². The number of halogens is 1. The molecule has 1 rings (SSSR count). The number of amides is 1. The Morgan fingerprint density at radius 1 is 1.47 bits per heavy atom. The van der Waals surface area contributed by atoms with Gasteiger partial charge in [-0.1, -0.05) is 11.6 Å². The first-order valence-corrected chi connectivity index (χ1v) is 7.05. The van der Waals surface area contributed by atoms with Crippen LogP contribution < -0.4 is 10.6 Å². The number of aryl methyl sites for hydroxylation is 2. The lowest BCUT2D eigenvalue weighted by Crippen LogP contribution is -2.32. The van der Waals surface area contributed by atoms with Gasteiger partial charge < -0.3 is 10.6 Å². The average molecular weight is 287 g/mol. The number of nitrogens with one attached hydrogen (secondary N) is 2. The number of carbonyl (C=O) groups excluding carboxylic acids is 1. The third-order valence-electron chi connectivity index (χ3n) is 2.72. The molecule has 108 valence electrons. The lowest BCUT2D eigenvalue weighted by Gasteiger charge is -2.09. The van der Waals surface area contributed by atoms with Gasteiger partial charge in [0.1, 0.15) is 0 Å². The quantitative estimate of drug-likeness (QED) is 0.753. The zero-order chi connectivity index (χ0) is 14.4. The Hall–Kier alpha value is -1.07. The summed E-state index contributed by atoms with van der Waals surface area (Å²) in [6, 6.07) is 0.186. The zero-order valence-electron chi connectivity index (χ0n) is 12.1. The van der Waals surface area contributed by atoms with Crippen molar-refractivity contribution in [1.82, 2.24) is 20.4 Å². The van der Waals surface area contributed by atoms with Gasteiger partial charge in [0.05, 0.1) is 16.4 Å². The molecule has 1 heterocycles. The van der Waals surface area contributed by atoms with Gasteiger partial charge in [-0.3, -0.25) is 9.48 Å². The molecule has 19 heavy (non-hydrogen) atoms. The first kappa shape index (κ1) is 16.0. The Bertz CT molecular complexity index is 429. The van der Waals surface area contributed by atoms with Crippen LogP contribution in [0, 0.1) is 6.92 Å². The van der Waals surface area contributed by atoms with Crippen molar-refractivity contribution in [3.05, 3.63) is 16.4 Å². The van der Waals surface area contributed by atoms with E-state index >= 15 is 0 Å². The fourth-order valence-electron chi connectivity index (χ4n) is 1.84. The van der Waals surface area contributed by atoms with Crippen molar-refractivity contribution >= 4 is 17.5 Å². The number of carbonyl (C=O) groups is 1. The molecule has 1 aromatic heterocycles. The summed E-state index contributed by atoms with van der Waals surface area (Å²) in [7, 11) is 0. The topological polar surface area (TPSA) is 59.0 Å². The molecule has 0 unspecified atom stereocenters. The zero-order valence-corrected chi connectivity index (χ0v) is 12.8. The minimum atomic E-state index is 0.0637. The fraction of sp³-hybridized carbons (Fsp3) is 0.692. The minimum absolute atomic E-state index is 0.0637. The number of hydrogen-bond donors (Lipinski definition) is 2. The van der Waals surface area contributed by atoms with Crippen molar-refractivity contribution in [3.8, 4) is 0 Å². The molecule has 2 N–H and O–H groups in total. The third kappa shape index (κ3) is 4.84. The maximum Gasteiger partial charge on any atom is 0.221 e. The highest BCUT2D eigenvalue weighted by molar-refractivity contribution is 6.31. The van der Waals surface area contributed by atoms with Gasteiger partial charge in [0.25, 0.3) is 0 Å². The predicted octanol–water partition coefficient (Wildman–Crippen LogP) is 1.87. The molecule has 0 spiro atoms. The summed E-state index contributed by atoms with van der Waals surface area (Å²) in [5, 5.41) is 11.1. The smallest absolute Gasteiger partial charge is 0.221 e. The van der Waals surface area contributed by atoms with Crippen molar-refractivity contribution < 1.29 is 4.79 Å². The van der Waals surface area contributed by atoms with Crippen LogP contribution in [0.25, 0.3) is 0 Å². The fourth-order valence-corrected chi connectivity index (χ4v) is 2.04. The lowest BCUT2D eigenvalue weighted by molar-refractivity contribution is -0.121. The molecule has 1 amide bonds.